The second kappa shape index (κ2) is 6.03. The van der Waals surface area contributed by atoms with Crippen LogP contribution in [0.25, 0.3) is 21.9 Å². The molecule has 3 aromatic rings. The molecule has 0 saturated carbocycles. The van der Waals surface area contributed by atoms with E-state index in [1.807, 2.05) is 6.07 Å². The van der Waals surface area contributed by atoms with Crippen molar-refractivity contribution >= 4 is 39.1 Å². The zero-order valence-corrected chi connectivity index (χ0v) is 12.9. The van der Waals surface area contributed by atoms with Gasteiger partial charge < -0.3 is 4.42 Å². The third kappa shape index (κ3) is 3.36. The number of fused-ring (bicyclic) bond motifs is 1. The average Bonchev–Trinajstić information content (AvgIpc) is 3.17. The molecule has 0 unspecified atom stereocenters. The summed E-state index contributed by atoms with van der Waals surface area (Å²) >= 11 is 1.04. The summed E-state index contributed by atoms with van der Waals surface area (Å²) in [6.07, 6.45) is -3.24. The Morgan fingerprint density at radius 2 is 2.12 bits per heavy atom. The lowest BCUT2D eigenvalue weighted by molar-refractivity contribution is -0.402. The minimum Gasteiger partial charge on any atom is -0.401 e. The van der Waals surface area contributed by atoms with Crippen molar-refractivity contribution in [3.8, 4) is 6.07 Å². The number of allylic oxidation sites excluding steroid dienone is 1. The number of hydrogen-bond acceptors (Lipinski definition) is 6. The van der Waals surface area contributed by atoms with Crippen molar-refractivity contribution in [3.05, 3.63) is 56.8 Å². The highest BCUT2D eigenvalue weighted by molar-refractivity contribution is 7.19. The fraction of sp³-hybridized carbons (Fsp3) is 0.0667. The van der Waals surface area contributed by atoms with Gasteiger partial charge in [0.15, 0.2) is 0 Å². The maximum atomic E-state index is 12.7. The normalized spacial score (nSPS) is 12.3. The van der Waals surface area contributed by atoms with Gasteiger partial charge in [0.1, 0.15) is 21.8 Å². The minimum atomic E-state index is -4.49. The monoisotopic (exact) mass is 365 g/mol. The van der Waals surface area contributed by atoms with Crippen LogP contribution in [0.4, 0.5) is 19.1 Å². The number of thiazole rings is 1. The average molecular weight is 365 g/mol. The van der Waals surface area contributed by atoms with E-state index in [-0.39, 0.29) is 21.9 Å². The predicted molar refractivity (Wildman–Crippen MR) is 83.5 cm³/mol. The van der Waals surface area contributed by atoms with E-state index in [0.717, 1.165) is 29.5 Å². The van der Waals surface area contributed by atoms with Crippen molar-refractivity contribution in [1.29, 1.82) is 5.26 Å². The van der Waals surface area contributed by atoms with Gasteiger partial charge in [-0.25, -0.2) is 4.98 Å². The molecule has 0 radical (unpaired) electrons. The Morgan fingerprint density at radius 1 is 1.36 bits per heavy atom. The summed E-state index contributed by atoms with van der Waals surface area (Å²) in [6.45, 7) is 0. The number of hydrogen-bond donors (Lipinski definition) is 0. The molecule has 0 bridgehead atoms. The summed E-state index contributed by atoms with van der Waals surface area (Å²) < 4.78 is 43.7. The van der Waals surface area contributed by atoms with Gasteiger partial charge in [-0.3, -0.25) is 10.1 Å². The lowest BCUT2D eigenvalue weighted by Gasteiger charge is -2.04. The second-order valence-corrected chi connectivity index (χ2v) is 5.83. The first-order valence-electron chi connectivity index (χ1n) is 6.62. The standard InChI is InChI=1S/C15H6F3N3O3S/c16-15(17,18)9-1-3-12-11(6-9)20-14(25-12)8(7-19)5-10-2-4-13(24-10)21(22)23/h1-6H/b8-5+. The van der Waals surface area contributed by atoms with Crippen LogP contribution in [0, 0.1) is 21.4 Å². The third-order valence-corrected chi connectivity index (χ3v) is 4.21. The molecule has 6 nitrogen and oxygen atoms in total. The van der Waals surface area contributed by atoms with Crippen molar-refractivity contribution in [2.24, 2.45) is 0 Å². The SMILES string of the molecule is N#C/C(=C\c1ccc([N+](=O)[O-])o1)c1nc2cc(C(F)(F)F)ccc2s1. The molecule has 3 rings (SSSR count). The Hall–Kier alpha value is -3.19. The smallest absolute Gasteiger partial charge is 0.401 e. The Labute approximate surface area is 141 Å². The van der Waals surface area contributed by atoms with Gasteiger partial charge in [0.2, 0.25) is 0 Å². The zero-order valence-electron chi connectivity index (χ0n) is 12.1. The summed E-state index contributed by atoms with van der Waals surface area (Å²) in [5.74, 6) is -0.416. The van der Waals surface area contributed by atoms with E-state index < -0.39 is 22.5 Å². The summed E-state index contributed by atoms with van der Waals surface area (Å²) in [4.78, 5) is 13.9. The lowest BCUT2D eigenvalue weighted by atomic mass is 10.2. The predicted octanol–water partition coefficient (Wildman–Crippen LogP) is 4.88. The first-order chi connectivity index (χ1) is 11.8. The first-order valence-corrected chi connectivity index (χ1v) is 7.44. The molecule has 10 heteroatoms. The number of halogens is 3. The number of aromatic nitrogens is 1. The number of nitrogens with zero attached hydrogens (tertiary/aromatic N) is 3. The topological polar surface area (TPSA) is 93.0 Å². The summed E-state index contributed by atoms with van der Waals surface area (Å²) in [5.41, 5.74) is -0.693. The number of rotatable bonds is 3. The summed E-state index contributed by atoms with van der Waals surface area (Å²) in [6, 6.07) is 7.44. The minimum absolute atomic E-state index is 0.0269. The molecule has 2 heterocycles. The number of nitriles is 1. The lowest BCUT2D eigenvalue weighted by Crippen LogP contribution is -2.03. The largest absolute Gasteiger partial charge is 0.433 e. The van der Waals surface area contributed by atoms with Crippen molar-refractivity contribution in [3.63, 3.8) is 0 Å². The zero-order chi connectivity index (χ0) is 18.2. The van der Waals surface area contributed by atoms with Crippen LogP contribution in [0.5, 0.6) is 0 Å². The molecule has 0 aliphatic rings. The molecule has 0 fully saturated rings. The van der Waals surface area contributed by atoms with Gasteiger partial charge in [0.25, 0.3) is 0 Å². The Morgan fingerprint density at radius 3 is 2.72 bits per heavy atom. The second-order valence-electron chi connectivity index (χ2n) is 4.80. The van der Waals surface area contributed by atoms with Gasteiger partial charge in [-0.1, -0.05) is 0 Å². The Bertz CT molecular complexity index is 1040. The fourth-order valence-electron chi connectivity index (χ4n) is 2.02. The van der Waals surface area contributed by atoms with Gasteiger partial charge in [0.05, 0.1) is 27.4 Å². The van der Waals surface area contributed by atoms with Crippen molar-refractivity contribution in [2.45, 2.75) is 6.18 Å². The van der Waals surface area contributed by atoms with Crippen LogP contribution in [0.2, 0.25) is 0 Å². The van der Waals surface area contributed by atoms with Gasteiger partial charge in [-0.05, 0) is 24.3 Å². The van der Waals surface area contributed by atoms with Crippen molar-refractivity contribution in [2.75, 3.05) is 0 Å². The number of furan rings is 1. The molecule has 0 spiro atoms. The van der Waals surface area contributed by atoms with Crippen molar-refractivity contribution < 1.29 is 22.5 Å². The van der Waals surface area contributed by atoms with Crippen molar-refractivity contribution in [1.82, 2.24) is 4.98 Å². The maximum Gasteiger partial charge on any atom is 0.433 e. The van der Waals surface area contributed by atoms with E-state index in [2.05, 4.69) is 4.98 Å². The number of benzene rings is 1. The van der Waals surface area contributed by atoms with Gasteiger partial charge in [-0.15, -0.1) is 11.3 Å². The Balaban J connectivity index is 2.02. The van der Waals surface area contributed by atoms with Crippen LogP contribution in [0.3, 0.4) is 0 Å². The molecule has 25 heavy (non-hydrogen) atoms. The van der Waals surface area contributed by atoms with E-state index in [0.29, 0.717) is 4.70 Å². The van der Waals surface area contributed by atoms with Crippen LogP contribution in [0.15, 0.2) is 34.7 Å². The number of alkyl halides is 3. The molecule has 0 N–H and O–H groups in total. The fourth-order valence-corrected chi connectivity index (χ4v) is 2.93. The van der Waals surface area contributed by atoms with E-state index in [1.54, 1.807) is 0 Å². The number of nitro groups is 1. The quantitative estimate of drug-likeness (QED) is 0.375. The van der Waals surface area contributed by atoms with Crippen LogP contribution in [-0.4, -0.2) is 9.91 Å². The molecule has 0 aliphatic carbocycles. The summed E-state index contributed by atoms with van der Waals surface area (Å²) in [5, 5.41) is 20.0. The van der Waals surface area contributed by atoms with Crippen LogP contribution in [-0.2, 0) is 6.18 Å². The van der Waals surface area contributed by atoms with E-state index in [4.69, 9.17) is 4.42 Å². The Kier molecular flexibility index (Phi) is 4.02. The van der Waals surface area contributed by atoms with Crippen LogP contribution < -0.4 is 0 Å². The molecule has 0 saturated heterocycles. The van der Waals surface area contributed by atoms with Crippen LogP contribution >= 0.6 is 11.3 Å². The summed E-state index contributed by atoms with van der Waals surface area (Å²) in [7, 11) is 0. The molecule has 0 aliphatic heterocycles. The molecule has 2 aromatic heterocycles. The maximum absolute atomic E-state index is 12.7. The third-order valence-electron chi connectivity index (χ3n) is 3.14. The first kappa shape index (κ1) is 16.7. The van der Waals surface area contributed by atoms with E-state index >= 15 is 0 Å². The van der Waals surface area contributed by atoms with E-state index in [9.17, 15) is 28.5 Å². The highest BCUT2D eigenvalue weighted by Crippen LogP contribution is 2.34. The molecule has 0 atom stereocenters. The molecular weight excluding hydrogens is 359 g/mol. The van der Waals surface area contributed by atoms with Gasteiger partial charge in [-0.2, -0.15) is 18.4 Å². The van der Waals surface area contributed by atoms with Crippen LogP contribution in [0.1, 0.15) is 16.3 Å². The molecule has 0 amide bonds. The van der Waals surface area contributed by atoms with Gasteiger partial charge in [0, 0.05) is 6.08 Å². The highest BCUT2D eigenvalue weighted by atomic mass is 32.1. The van der Waals surface area contributed by atoms with E-state index in [1.165, 1.54) is 18.2 Å². The molecule has 126 valence electrons. The highest BCUT2D eigenvalue weighted by Gasteiger charge is 2.30. The van der Waals surface area contributed by atoms with Gasteiger partial charge >= 0.3 is 12.1 Å². The molecule has 1 aromatic carbocycles. The molecular formula is C15H6F3N3O3S.